The average molecular weight is 710 g/mol. The molecule has 0 spiro atoms. The van der Waals surface area contributed by atoms with Crippen LogP contribution in [-0.4, -0.2) is 68.2 Å². The number of nitrogens with zero attached hydrogens (tertiary/aromatic N) is 2. The third-order valence-electron chi connectivity index (χ3n) is 9.64. The molecule has 10 nitrogen and oxygen atoms in total. The molecular weight excluding hydrogens is 663 g/mol. The highest BCUT2D eigenvalue weighted by Gasteiger charge is 2.64. The molecule has 3 amide bonds. The highest BCUT2D eigenvalue weighted by molar-refractivity contribution is 8.08. The van der Waals surface area contributed by atoms with Crippen LogP contribution in [0.25, 0.3) is 33.3 Å². The molecule has 4 atom stereocenters. The van der Waals surface area contributed by atoms with Gasteiger partial charge in [0.1, 0.15) is 27.1 Å². The van der Waals surface area contributed by atoms with Crippen molar-refractivity contribution >= 4 is 40.9 Å². The summed E-state index contributed by atoms with van der Waals surface area (Å²) in [5, 5.41) is 6.07. The van der Waals surface area contributed by atoms with Crippen molar-refractivity contribution in [3.63, 3.8) is 0 Å². The number of carbonyl (C=O) groups excluding carboxylic acids is 3. The van der Waals surface area contributed by atoms with E-state index in [0.717, 1.165) is 71.2 Å². The highest BCUT2D eigenvalue weighted by atomic mass is 32.2. The van der Waals surface area contributed by atoms with Gasteiger partial charge in [-0.15, -0.1) is 11.8 Å². The lowest BCUT2D eigenvalue weighted by molar-refractivity contribution is 0.0188. The zero-order chi connectivity index (χ0) is 36.1. The lowest BCUT2D eigenvalue weighted by atomic mass is 9.97. The minimum atomic E-state index is -0.576. The summed E-state index contributed by atoms with van der Waals surface area (Å²) in [7, 11) is 0. The second kappa shape index (κ2) is 13.2. The van der Waals surface area contributed by atoms with Gasteiger partial charge in [0.2, 0.25) is 0 Å². The Morgan fingerprint density at radius 3 is 2.04 bits per heavy atom. The number of piperidine rings is 1. The number of carbonyl (C=O) groups is 3. The molecule has 4 aromatic rings. The molecule has 2 aliphatic heterocycles. The number of thioether (sulfide) groups is 1. The molecule has 3 aromatic carbocycles. The molecule has 11 heteroatoms. The number of hydrogen-bond donors (Lipinski definition) is 3. The molecule has 268 valence electrons. The second-order valence-corrected chi connectivity index (χ2v) is 17.3. The van der Waals surface area contributed by atoms with E-state index in [4.69, 9.17) is 14.5 Å². The second-order valence-electron chi connectivity index (χ2n) is 15.9. The van der Waals surface area contributed by atoms with Gasteiger partial charge < -0.3 is 25.1 Å². The highest BCUT2D eigenvalue weighted by Crippen LogP contribution is 2.66. The quantitative estimate of drug-likeness (QED) is 0.172. The maximum Gasteiger partial charge on any atom is 0.411 e. The molecule has 0 radical (unpaired) electrons. The number of alkyl carbamates (subject to hydrolysis) is 1. The Morgan fingerprint density at radius 1 is 0.804 bits per heavy atom. The van der Waals surface area contributed by atoms with Crippen LogP contribution >= 0.6 is 11.8 Å². The summed E-state index contributed by atoms with van der Waals surface area (Å²) in [4.78, 5) is 48.8. The number of imidazole rings is 1. The summed E-state index contributed by atoms with van der Waals surface area (Å²) in [5.41, 5.74) is 5.59. The van der Waals surface area contributed by atoms with E-state index in [2.05, 4.69) is 58.1 Å². The molecule has 1 saturated carbocycles. The Hall–Kier alpha value is -4.51. The molecule has 3 N–H and O–H groups in total. The summed E-state index contributed by atoms with van der Waals surface area (Å²) in [6.45, 7) is 11.9. The number of likely N-dealkylation sites (tertiary alicyclic amines) is 1. The molecule has 2 saturated heterocycles. The van der Waals surface area contributed by atoms with E-state index in [0.29, 0.717) is 12.1 Å². The zero-order valence-corrected chi connectivity index (χ0v) is 31.0. The van der Waals surface area contributed by atoms with Gasteiger partial charge in [-0.2, -0.15) is 0 Å². The van der Waals surface area contributed by atoms with Gasteiger partial charge in [0, 0.05) is 18.2 Å². The third kappa shape index (κ3) is 7.59. The van der Waals surface area contributed by atoms with Crippen molar-refractivity contribution in [1.29, 1.82) is 0 Å². The molecule has 4 unspecified atom stereocenters. The Bertz CT molecular complexity index is 1940. The van der Waals surface area contributed by atoms with E-state index in [9.17, 15) is 14.4 Å². The Morgan fingerprint density at radius 2 is 1.39 bits per heavy atom. The number of amides is 3. The lowest BCUT2D eigenvalue weighted by Gasteiger charge is -2.31. The van der Waals surface area contributed by atoms with Crippen molar-refractivity contribution in [2.45, 2.75) is 107 Å². The van der Waals surface area contributed by atoms with Gasteiger partial charge >= 0.3 is 12.2 Å². The van der Waals surface area contributed by atoms with Gasteiger partial charge in [-0.25, -0.2) is 14.6 Å². The molecule has 3 heterocycles. The first-order valence-electron chi connectivity index (χ1n) is 17.9. The molecule has 1 aromatic heterocycles. The molecule has 3 fully saturated rings. The molecule has 7 rings (SSSR count). The zero-order valence-electron chi connectivity index (χ0n) is 30.2. The summed E-state index contributed by atoms with van der Waals surface area (Å²) in [6, 6.07) is 22.0. The van der Waals surface area contributed by atoms with Gasteiger partial charge in [-0.3, -0.25) is 9.69 Å². The Kier molecular flexibility index (Phi) is 9.06. The Balaban J connectivity index is 0.988. The van der Waals surface area contributed by atoms with Gasteiger partial charge in [0.15, 0.2) is 0 Å². The summed E-state index contributed by atoms with van der Waals surface area (Å²) >= 11 is 1.78. The minimum absolute atomic E-state index is 0.0323. The van der Waals surface area contributed by atoms with Crippen LogP contribution in [0.4, 0.5) is 9.59 Å². The molecule has 51 heavy (non-hydrogen) atoms. The van der Waals surface area contributed by atoms with Crippen molar-refractivity contribution in [2.75, 3.05) is 6.54 Å². The van der Waals surface area contributed by atoms with Gasteiger partial charge in [-0.05, 0) is 120 Å². The largest absolute Gasteiger partial charge is 0.444 e. The van der Waals surface area contributed by atoms with Gasteiger partial charge in [-0.1, -0.05) is 42.5 Å². The normalized spacial score (nSPS) is 23.0. The van der Waals surface area contributed by atoms with Crippen LogP contribution in [0.2, 0.25) is 0 Å². The first-order chi connectivity index (χ1) is 24.2. The summed E-state index contributed by atoms with van der Waals surface area (Å²) < 4.78 is 10.9. The third-order valence-corrected chi connectivity index (χ3v) is 11.3. The van der Waals surface area contributed by atoms with E-state index in [-0.39, 0.29) is 34.2 Å². The van der Waals surface area contributed by atoms with Crippen molar-refractivity contribution < 1.29 is 23.9 Å². The van der Waals surface area contributed by atoms with Crippen LogP contribution in [0.5, 0.6) is 0 Å². The van der Waals surface area contributed by atoms with E-state index < -0.39 is 17.3 Å². The van der Waals surface area contributed by atoms with E-state index in [1.54, 1.807) is 11.8 Å². The van der Waals surface area contributed by atoms with Crippen molar-refractivity contribution in [3.05, 3.63) is 78.1 Å². The molecular formula is C40H47N5O5S. The number of H-pyrrole nitrogens is 1. The predicted molar refractivity (Wildman–Crippen MR) is 200 cm³/mol. The van der Waals surface area contributed by atoms with Crippen LogP contribution < -0.4 is 10.6 Å². The lowest BCUT2D eigenvalue weighted by Crippen LogP contribution is -2.49. The first kappa shape index (κ1) is 34.9. The fraction of sp³-hybridized carbons (Fsp3) is 0.450. The van der Waals surface area contributed by atoms with Crippen LogP contribution in [-0.2, 0) is 14.2 Å². The predicted octanol–water partition coefficient (Wildman–Crippen LogP) is 8.37. The number of nitrogens with one attached hydrogen (secondary N) is 3. The number of fused-ring (bicyclic) bond motifs is 2. The SMILES string of the molecule is CC(C)(C)OC(=O)NC1CCCC1NC(=O)c1ccc(-c2ccc(-c3ccc4nc(C56CCCN(C(=O)OC(C)(C)C)C5S6)[nH]c4c3)cc2)cc1. The van der Waals surface area contributed by atoms with Crippen LogP contribution in [0.15, 0.2) is 66.7 Å². The number of hydrogen-bond acceptors (Lipinski definition) is 7. The average Bonchev–Trinajstić information content (AvgIpc) is 3.44. The topological polar surface area (TPSA) is 126 Å². The van der Waals surface area contributed by atoms with Crippen molar-refractivity contribution in [1.82, 2.24) is 25.5 Å². The molecule has 0 bridgehead atoms. The van der Waals surface area contributed by atoms with E-state index in [1.165, 1.54) is 0 Å². The standard InChI is InChI=1S/C40H47N5O5S/c1-38(2,3)49-36(47)44-30-10-7-9-29(30)41-33(46)27-17-15-25(16-18-27)24-11-13-26(14-12-24)28-19-20-31-32(23-28)43-34(42-31)40-21-8-22-45(35(40)51-40)37(48)50-39(4,5)6/h11-20,23,29-30,35H,7-10,21-22H2,1-6H3,(H,41,46)(H,42,43)(H,44,47). The first-order valence-corrected chi connectivity index (χ1v) is 18.7. The fourth-order valence-corrected chi connectivity index (χ4v) is 8.64. The van der Waals surface area contributed by atoms with Crippen LogP contribution in [0, 0.1) is 0 Å². The number of ether oxygens (including phenoxy) is 2. The number of benzene rings is 3. The summed E-state index contributed by atoms with van der Waals surface area (Å²) in [5.74, 6) is 0.766. The smallest absolute Gasteiger partial charge is 0.411 e. The fourth-order valence-electron chi connectivity index (χ4n) is 7.17. The van der Waals surface area contributed by atoms with Gasteiger partial charge in [0.05, 0.1) is 17.1 Å². The maximum atomic E-state index is 13.1. The van der Waals surface area contributed by atoms with Gasteiger partial charge in [0.25, 0.3) is 5.91 Å². The number of rotatable bonds is 6. The summed E-state index contributed by atoms with van der Waals surface area (Å²) in [6.07, 6.45) is 3.69. The maximum absolute atomic E-state index is 13.1. The molecule has 3 aliphatic rings. The van der Waals surface area contributed by atoms with Crippen molar-refractivity contribution in [2.24, 2.45) is 0 Å². The van der Waals surface area contributed by atoms with E-state index >= 15 is 0 Å². The van der Waals surface area contributed by atoms with Crippen LogP contribution in [0.3, 0.4) is 0 Å². The van der Waals surface area contributed by atoms with Crippen molar-refractivity contribution in [3.8, 4) is 22.3 Å². The molecule has 1 aliphatic carbocycles. The number of aromatic nitrogens is 2. The number of aromatic amines is 1. The Labute approximate surface area is 303 Å². The monoisotopic (exact) mass is 709 g/mol. The van der Waals surface area contributed by atoms with Crippen LogP contribution in [0.1, 0.15) is 89.8 Å². The minimum Gasteiger partial charge on any atom is -0.444 e. The van der Waals surface area contributed by atoms with E-state index in [1.807, 2.05) is 70.7 Å².